The van der Waals surface area contributed by atoms with Crippen molar-refractivity contribution in [3.63, 3.8) is 0 Å². The molecular weight excluding hydrogens is 238 g/mol. The Morgan fingerprint density at radius 2 is 1.89 bits per heavy atom. The summed E-state index contributed by atoms with van der Waals surface area (Å²) in [6.07, 6.45) is 4.28. The molecule has 0 aromatic heterocycles. The smallest absolute Gasteiger partial charge is 0.237 e. The van der Waals surface area contributed by atoms with E-state index in [1.165, 1.54) is 0 Å². The number of likely N-dealkylation sites (tertiary alicyclic amines) is 2. The zero-order valence-corrected chi connectivity index (χ0v) is 12.9. The zero-order chi connectivity index (χ0) is 14.0. The highest BCUT2D eigenvalue weighted by Crippen LogP contribution is 2.24. The summed E-state index contributed by atoms with van der Waals surface area (Å²) in [5, 5.41) is 3.32. The molecule has 1 amide bonds. The third-order valence-electron chi connectivity index (χ3n) is 4.88. The molecule has 2 rings (SSSR count). The molecule has 0 saturated carbocycles. The fraction of sp³-hybridized carbons (Fsp3) is 0.933. The summed E-state index contributed by atoms with van der Waals surface area (Å²) in [5.74, 6) is 0.237. The highest BCUT2D eigenvalue weighted by atomic mass is 16.2. The fourth-order valence-corrected chi connectivity index (χ4v) is 3.28. The lowest BCUT2D eigenvalue weighted by Crippen LogP contribution is -2.57. The van der Waals surface area contributed by atoms with Crippen LogP contribution in [0.2, 0.25) is 0 Å². The van der Waals surface area contributed by atoms with E-state index in [1.54, 1.807) is 0 Å². The van der Waals surface area contributed by atoms with Crippen LogP contribution in [-0.2, 0) is 4.79 Å². The van der Waals surface area contributed by atoms with Crippen LogP contribution in [0.5, 0.6) is 0 Å². The molecule has 1 unspecified atom stereocenters. The summed E-state index contributed by atoms with van der Waals surface area (Å²) in [7, 11) is 2.06. The molecule has 0 aromatic carbocycles. The monoisotopic (exact) mass is 267 g/mol. The molecule has 2 aliphatic rings. The topological polar surface area (TPSA) is 35.6 Å². The van der Waals surface area contributed by atoms with Gasteiger partial charge in [0.1, 0.15) is 0 Å². The van der Waals surface area contributed by atoms with Gasteiger partial charge in [-0.3, -0.25) is 9.69 Å². The number of amides is 1. The summed E-state index contributed by atoms with van der Waals surface area (Å²) >= 11 is 0. The number of piperidine rings is 1. The first-order chi connectivity index (χ1) is 8.91. The zero-order valence-electron chi connectivity index (χ0n) is 12.9. The van der Waals surface area contributed by atoms with Crippen LogP contribution in [0, 0.1) is 0 Å². The van der Waals surface area contributed by atoms with Gasteiger partial charge in [-0.2, -0.15) is 0 Å². The first-order valence-corrected chi connectivity index (χ1v) is 7.68. The van der Waals surface area contributed by atoms with Gasteiger partial charge in [-0.05, 0) is 60.0 Å². The van der Waals surface area contributed by atoms with Gasteiger partial charge in [-0.15, -0.1) is 0 Å². The molecule has 2 heterocycles. The van der Waals surface area contributed by atoms with Gasteiger partial charge in [0.15, 0.2) is 0 Å². The van der Waals surface area contributed by atoms with Gasteiger partial charge in [0.25, 0.3) is 0 Å². The Morgan fingerprint density at radius 3 is 2.37 bits per heavy atom. The Morgan fingerprint density at radius 1 is 1.26 bits per heavy atom. The summed E-state index contributed by atoms with van der Waals surface area (Å²) in [6.45, 7) is 9.93. The van der Waals surface area contributed by atoms with Crippen LogP contribution in [0.1, 0.15) is 46.5 Å². The molecule has 110 valence electrons. The van der Waals surface area contributed by atoms with Gasteiger partial charge in [-0.1, -0.05) is 0 Å². The summed E-state index contributed by atoms with van der Waals surface area (Å²) in [4.78, 5) is 17.1. The Bertz CT molecular complexity index is 321. The standard InChI is InChI=1S/C15H29N3O/c1-12(2)18-10-7-15(3,8-11-18)16-14(19)13-6-5-9-17(13)4/h12-13H,5-11H2,1-4H3,(H,16,19). The van der Waals surface area contributed by atoms with Crippen LogP contribution in [0.15, 0.2) is 0 Å². The number of carbonyl (C=O) groups excluding carboxylic acids is 1. The Hall–Kier alpha value is -0.610. The molecule has 0 aromatic rings. The molecule has 19 heavy (non-hydrogen) atoms. The highest BCUT2D eigenvalue weighted by molar-refractivity contribution is 5.82. The highest BCUT2D eigenvalue weighted by Gasteiger charge is 2.36. The first-order valence-electron chi connectivity index (χ1n) is 7.68. The van der Waals surface area contributed by atoms with E-state index in [0.29, 0.717) is 6.04 Å². The van der Waals surface area contributed by atoms with Gasteiger partial charge in [0.2, 0.25) is 5.91 Å². The maximum absolute atomic E-state index is 12.4. The quantitative estimate of drug-likeness (QED) is 0.841. The van der Waals surface area contributed by atoms with E-state index in [-0.39, 0.29) is 17.5 Å². The van der Waals surface area contributed by atoms with Crippen molar-refractivity contribution in [1.29, 1.82) is 0 Å². The molecule has 1 N–H and O–H groups in total. The minimum Gasteiger partial charge on any atom is -0.349 e. The second-order valence-corrected chi connectivity index (χ2v) is 6.82. The minimum absolute atomic E-state index is 0.00803. The van der Waals surface area contributed by atoms with Crippen molar-refractivity contribution in [2.24, 2.45) is 0 Å². The van der Waals surface area contributed by atoms with E-state index < -0.39 is 0 Å². The van der Waals surface area contributed by atoms with Gasteiger partial charge >= 0.3 is 0 Å². The number of nitrogens with zero attached hydrogens (tertiary/aromatic N) is 2. The predicted molar refractivity (Wildman–Crippen MR) is 78.1 cm³/mol. The number of nitrogens with one attached hydrogen (secondary N) is 1. The van der Waals surface area contributed by atoms with Crippen LogP contribution < -0.4 is 5.32 Å². The normalized spacial score (nSPS) is 28.8. The van der Waals surface area contributed by atoms with E-state index in [4.69, 9.17) is 0 Å². The van der Waals surface area contributed by atoms with Crippen LogP contribution in [0.25, 0.3) is 0 Å². The summed E-state index contributed by atoms with van der Waals surface area (Å²) in [5.41, 5.74) is -0.00803. The third-order valence-corrected chi connectivity index (χ3v) is 4.88. The van der Waals surface area contributed by atoms with Crippen LogP contribution in [0.3, 0.4) is 0 Å². The van der Waals surface area contributed by atoms with Gasteiger partial charge < -0.3 is 10.2 Å². The lowest BCUT2D eigenvalue weighted by molar-refractivity contribution is -0.127. The second kappa shape index (κ2) is 5.80. The van der Waals surface area contributed by atoms with Gasteiger partial charge in [0, 0.05) is 24.7 Å². The van der Waals surface area contributed by atoms with Crippen molar-refractivity contribution >= 4 is 5.91 Å². The Balaban J connectivity index is 1.87. The van der Waals surface area contributed by atoms with E-state index in [2.05, 4.69) is 42.9 Å². The predicted octanol–water partition coefficient (Wildman–Crippen LogP) is 1.46. The molecule has 2 aliphatic heterocycles. The third kappa shape index (κ3) is 3.48. The number of rotatable bonds is 3. The molecule has 4 heteroatoms. The molecule has 1 atom stereocenters. The van der Waals surface area contributed by atoms with Crippen LogP contribution in [0.4, 0.5) is 0 Å². The number of hydrogen-bond donors (Lipinski definition) is 1. The molecule has 4 nitrogen and oxygen atoms in total. The van der Waals surface area contributed by atoms with Crippen molar-refractivity contribution in [1.82, 2.24) is 15.1 Å². The second-order valence-electron chi connectivity index (χ2n) is 6.82. The summed E-state index contributed by atoms with van der Waals surface area (Å²) < 4.78 is 0. The maximum atomic E-state index is 12.4. The largest absolute Gasteiger partial charge is 0.349 e. The van der Waals surface area contributed by atoms with Crippen molar-refractivity contribution in [3.05, 3.63) is 0 Å². The summed E-state index contributed by atoms with van der Waals surface area (Å²) in [6, 6.07) is 0.709. The maximum Gasteiger partial charge on any atom is 0.237 e. The van der Waals surface area contributed by atoms with E-state index >= 15 is 0 Å². The molecular formula is C15H29N3O. The molecule has 0 aliphatic carbocycles. The lowest BCUT2D eigenvalue weighted by Gasteiger charge is -2.42. The lowest BCUT2D eigenvalue weighted by atomic mass is 9.88. The van der Waals surface area contributed by atoms with Gasteiger partial charge in [0.05, 0.1) is 6.04 Å². The fourth-order valence-electron chi connectivity index (χ4n) is 3.28. The van der Waals surface area contributed by atoms with E-state index in [0.717, 1.165) is 45.3 Å². The molecule has 2 fully saturated rings. The van der Waals surface area contributed by atoms with Crippen LogP contribution in [-0.4, -0.2) is 60.0 Å². The average molecular weight is 267 g/mol. The van der Waals surface area contributed by atoms with Crippen molar-refractivity contribution in [3.8, 4) is 0 Å². The Labute approximate surface area is 117 Å². The Kier molecular flexibility index (Phi) is 4.51. The average Bonchev–Trinajstić information content (AvgIpc) is 2.75. The number of carbonyl (C=O) groups is 1. The van der Waals surface area contributed by atoms with E-state index in [1.807, 2.05) is 0 Å². The molecule has 0 spiro atoms. The molecule has 0 bridgehead atoms. The SMILES string of the molecule is CC(C)N1CCC(C)(NC(=O)C2CCCN2C)CC1. The first kappa shape index (κ1) is 14.8. The molecule has 2 saturated heterocycles. The van der Waals surface area contributed by atoms with Crippen molar-refractivity contribution in [2.45, 2.75) is 64.1 Å². The van der Waals surface area contributed by atoms with Crippen molar-refractivity contribution < 1.29 is 4.79 Å². The number of hydrogen-bond acceptors (Lipinski definition) is 3. The van der Waals surface area contributed by atoms with Crippen LogP contribution >= 0.6 is 0 Å². The minimum atomic E-state index is -0.00803. The van der Waals surface area contributed by atoms with Crippen molar-refractivity contribution in [2.75, 3.05) is 26.7 Å². The molecule has 0 radical (unpaired) electrons. The van der Waals surface area contributed by atoms with Gasteiger partial charge in [-0.25, -0.2) is 0 Å². The van der Waals surface area contributed by atoms with E-state index in [9.17, 15) is 4.79 Å². The number of likely N-dealkylation sites (N-methyl/N-ethyl adjacent to an activating group) is 1.